The summed E-state index contributed by atoms with van der Waals surface area (Å²) < 4.78 is 9.94. The van der Waals surface area contributed by atoms with Crippen LogP contribution >= 0.6 is 0 Å². The molecule has 0 amide bonds. The molecule has 0 heterocycles. The zero-order valence-corrected chi connectivity index (χ0v) is 8.06. The lowest BCUT2D eigenvalue weighted by Gasteiger charge is -2.15. The fourth-order valence-electron chi connectivity index (χ4n) is 1.19. The molecule has 0 aliphatic rings. The molecule has 0 saturated carbocycles. The maximum absolute atomic E-state index is 10.5. The minimum Gasteiger partial charge on any atom is -0.507 e. The van der Waals surface area contributed by atoms with E-state index in [4.69, 9.17) is 9.47 Å². The van der Waals surface area contributed by atoms with Crippen LogP contribution in [-0.2, 0) is 9.47 Å². The first kappa shape index (κ1) is 10.7. The quantitative estimate of drug-likeness (QED) is 0.585. The fraction of sp³-hybridized carbons (Fsp3) is 0.300. The maximum Gasteiger partial charge on any atom is 0.186 e. The molecule has 0 saturated heterocycles. The molecule has 0 unspecified atom stereocenters. The number of aldehydes is 1. The summed E-state index contributed by atoms with van der Waals surface area (Å²) in [5, 5.41) is 9.49. The lowest BCUT2D eigenvalue weighted by Crippen LogP contribution is -2.04. The van der Waals surface area contributed by atoms with Gasteiger partial charge in [0.25, 0.3) is 0 Å². The van der Waals surface area contributed by atoms with Gasteiger partial charge in [-0.2, -0.15) is 0 Å². The van der Waals surface area contributed by atoms with Gasteiger partial charge < -0.3 is 14.6 Å². The third-order valence-electron chi connectivity index (χ3n) is 1.87. The minimum absolute atomic E-state index is 0.0456. The standard InChI is InChI=1S/C10H12O4/c1-13-10(14-2)8-5-7(6-11)3-4-9(8)12/h3-6,10,12H,1-2H3. The Kier molecular flexibility index (Phi) is 3.62. The Morgan fingerprint density at radius 1 is 1.36 bits per heavy atom. The van der Waals surface area contributed by atoms with Crippen molar-refractivity contribution in [3.05, 3.63) is 29.3 Å². The van der Waals surface area contributed by atoms with E-state index in [-0.39, 0.29) is 5.75 Å². The lowest BCUT2D eigenvalue weighted by atomic mass is 10.1. The van der Waals surface area contributed by atoms with Crippen molar-refractivity contribution in [1.29, 1.82) is 0 Å². The van der Waals surface area contributed by atoms with Crippen molar-refractivity contribution in [2.45, 2.75) is 6.29 Å². The number of hydrogen-bond donors (Lipinski definition) is 1. The third-order valence-corrected chi connectivity index (χ3v) is 1.87. The molecular formula is C10H12O4. The van der Waals surface area contributed by atoms with Gasteiger partial charge in [-0.15, -0.1) is 0 Å². The molecule has 14 heavy (non-hydrogen) atoms. The number of rotatable bonds is 4. The Morgan fingerprint density at radius 3 is 2.50 bits per heavy atom. The van der Waals surface area contributed by atoms with Crippen molar-refractivity contribution < 1.29 is 19.4 Å². The second-order valence-corrected chi connectivity index (χ2v) is 2.74. The van der Waals surface area contributed by atoms with E-state index in [9.17, 15) is 9.90 Å². The van der Waals surface area contributed by atoms with Crippen LogP contribution in [0.15, 0.2) is 18.2 Å². The summed E-state index contributed by atoms with van der Waals surface area (Å²) in [5.41, 5.74) is 0.913. The molecule has 0 aliphatic carbocycles. The molecule has 4 heteroatoms. The Balaban J connectivity index is 3.10. The number of phenolic OH excluding ortho intramolecular Hbond substituents is 1. The summed E-state index contributed by atoms with van der Waals surface area (Å²) in [6.07, 6.45) is 0.0422. The maximum atomic E-state index is 10.5. The Bertz CT molecular complexity index is 318. The highest BCUT2D eigenvalue weighted by Crippen LogP contribution is 2.27. The van der Waals surface area contributed by atoms with Crippen LogP contribution in [0.4, 0.5) is 0 Å². The zero-order valence-electron chi connectivity index (χ0n) is 8.06. The first-order valence-corrected chi connectivity index (χ1v) is 4.06. The van der Waals surface area contributed by atoms with Crippen molar-refractivity contribution in [2.75, 3.05) is 14.2 Å². The van der Waals surface area contributed by atoms with Gasteiger partial charge >= 0.3 is 0 Å². The molecule has 4 nitrogen and oxygen atoms in total. The number of methoxy groups -OCH3 is 2. The molecule has 0 fully saturated rings. The Morgan fingerprint density at radius 2 is 2.00 bits per heavy atom. The highest BCUT2D eigenvalue weighted by atomic mass is 16.7. The number of carbonyl (C=O) groups is 1. The molecule has 0 atom stereocenters. The van der Waals surface area contributed by atoms with E-state index in [1.54, 1.807) is 0 Å². The van der Waals surface area contributed by atoms with Crippen LogP contribution in [0.1, 0.15) is 22.2 Å². The van der Waals surface area contributed by atoms with Gasteiger partial charge in [-0.3, -0.25) is 4.79 Å². The Labute approximate surface area is 82.1 Å². The number of hydrogen-bond acceptors (Lipinski definition) is 4. The van der Waals surface area contributed by atoms with Crippen molar-refractivity contribution >= 4 is 6.29 Å². The second-order valence-electron chi connectivity index (χ2n) is 2.74. The summed E-state index contributed by atoms with van der Waals surface area (Å²) in [7, 11) is 2.92. The van der Waals surface area contributed by atoms with Gasteiger partial charge in [0.05, 0.1) is 5.56 Å². The Hall–Kier alpha value is -1.39. The molecule has 0 bridgehead atoms. The van der Waals surface area contributed by atoms with Crippen molar-refractivity contribution in [3.63, 3.8) is 0 Å². The summed E-state index contributed by atoms with van der Waals surface area (Å²) in [4.78, 5) is 10.5. The molecular weight excluding hydrogens is 184 g/mol. The molecule has 0 radical (unpaired) electrons. The fourth-order valence-corrected chi connectivity index (χ4v) is 1.19. The number of ether oxygens (including phenoxy) is 2. The molecule has 0 spiro atoms. The van der Waals surface area contributed by atoms with Crippen LogP contribution in [0, 0.1) is 0 Å². The lowest BCUT2D eigenvalue weighted by molar-refractivity contribution is -0.107. The normalized spacial score (nSPS) is 10.5. The van der Waals surface area contributed by atoms with Gasteiger partial charge in [0.15, 0.2) is 6.29 Å². The van der Waals surface area contributed by atoms with Gasteiger partial charge in [-0.1, -0.05) is 0 Å². The molecule has 76 valence electrons. The smallest absolute Gasteiger partial charge is 0.186 e. The predicted molar refractivity (Wildman–Crippen MR) is 50.3 cm³/mol. The molecule has 0 aromatic heterocycles. The van der Waals surface area contributed by atoms with E-state index >= 15 is 0 Å². The first-order chi connectivity index (χ1) is 6.72. The number of benzene rings is 1. The second kappa shape index (κ2) is 4.74. The number of carbonyl (C=O) groups excluding carboxylic acids is 1. The summed E-state index contributed by atoms with van der Waals surface area (Å²) in [6.45, 7) is 0. The molecule has 1 rings (SSSR count). The average molecular weight is 196 g/mol. The van der Waals surface area contributed by atoms with E-state index in [0.29, 0.717) is 17.4 Å². The average Bonchev–Trinajstić information content (AvgIpc) is 2.22. The largest absolute Gasteiger partial charge is 0.507 e. The predicted octanol–water partition coefficient (Wildman–Crippen LogP) is 1.50. The van der Waals surface area contributed by atoms with Crippen LogP contribution < -0.4 is 0 Å². The zero-order chi connectivity index (χ0) is 10.6. The van der Waals surface area contributed by atoms with E-state index in [1.807, 2.05) is 0 Å². The topological polar surface area (TPSA) is 55.8 Å². The SMILES string of the molecule is COC(OC)c1cc(C=O)ccc1O. The van der Waals surface area contributed by atoms with Gasteiger partial charge in [0, 0.05) is 19.8 Å². The van der Waals surface area contributed by atoms with E-state index < -0.39 is 6.29 Å². The van der Waals surface area contributed by atoms with E-state index in [1.165, 1.54) is 32.4 Å². The highest BCUT2D eigenvalue weighted by molar-refractivity contribution is 5.75. The number of aromatic hydroxyl groups is 1. The molecule has 1 aromatic carbocycles. The summed E-state index contributed by atoms with van der Waals surface area (Å²) in [6, 6.07) is 4.48. The van der Waals surface area contributed by atoms with Crippen molar-refractivity contribution in [1.82, 2.24) is 0 Å². The van der Waals surface area contributed by atoms with Gasteiger partial charge in [0.2, 0.25) is 0 Å². The van der Waals surface area contributed by atoms with E-state index in [2.05, 4.69) is 0 Å². The van der Waals surface area contributed by atoms with E-state index in [0.717, 1.165) is 0 Å². The van der Waals surface area contributed by atoms with Gasteiger partial charge in [-0.25, -0.2) is 0 Å². The molecule has 1 aromatic rings. The van der Waals surface area contributed by atoms with Gasteiger partial charge in [0.1, 0.15) is 12.0 Å². The van der Waals surface area contributed by atoms with Crippen LogP contribution in [0.25, 0.3) is 0 Å². The summed E-state index contributed by atoms with van der Waals surface area (Å²) >= 11 is 0. The number of phenols is 1. The highest BCUT2D eigenvalue weighted by Gasteiger charge is 2.13. The van der Waals surface area contributed by atoms with Crippen LogP contribution in [0.5, 0.6) is 5.75 Å². The monoisotopic (exact) mass is 196 g/mol. The minimum atomic E-state index is -0.658. The van der Waals surface area contributed by atoms with Crippen LogP contribution in [-0.4, -0.2) is 25.6 Å². The summed E-state index contributed by atoms with van der Waals surface area (Å²) in [5.74, 6) is 0.0456. The van der Waals surface area contributed by atoms with Gasteiger partial charge in [-0.05, 0) is 18.2 Å². The molecule has 0 aliphatic heterocycles. The molecule has 1 N–H and O–H groups in total. The third kappa shape index (κ3) is 2.10. The first-order valence-electron chi connectivity index (χ1n) is 4.06. The van der Waals surface area contributed by atoms with Crippen molar-refractivity contribution in [3.8, 4) is 5.75 Å². The van der Waals surface area contributed by atoms with Crippen LogP contribution in [0.2, 0.25) is 0 Å². The van der Waals surface area contributed by atoms with Crippen LogP contribution in [0.3, 0.4) is 0 Å². The van der Waals surface area contributed by atoms with Crippen molar-refractivity contribution in [2.24, 2.45) is 0 Å².